The number of hydrogen-bond donors (Lipinski definition) is 1. The second-order valence-electron chi connectivity index (χ2n) is 4.95. The van der Waals surface area contributed by atoms with E-state index in [-0.39, 0.29) is 80.4 Å². The maximum absolute atomic E-state index is 11.5. The van der Waals surface area contributed by atoms with Gasteiger partial charge in [0.2, 0.25) is 0 Å². The molecule has 19 heavy (non-hydrogen) atoms. The van der Waals surface area contributed by atoms with Crippen molar-refractivity contribution in [1.82, 2.24) is 5.32 Å². The average Bonchev–Trinajstić information content (AvgIpc) is 2.35. The molecule has 1 aromatic carbocycles. The SMILES string of the molecule is CNC(=O)c1cccc([B-]OC(C)(C)[C-](C)C)c1.[Cs+]. The Morgan fingerprint density at radius 3 is 2.53 bits per heavy atom. The Hall–Kier alpha value is 0.767. The predicted molar refractivity (Wildman–Crippen MR) is 75.0 cm³/mol. The van der Waals surface area contributed by atoms with Crippen LogP contribution in [-0.2, 0) is 4.65 Å². The van der Waals surface area contributed by atoms with E-state index >= 15 is 0 Å². The molecule has 0 unspecified atom stereocenters. The molecule has 0 saturated carbocycles. The van der Waals surface area contributed by atoms with Crippen molar-refractivity contribution in [3.05, 3.63) is 35.7 Å². The van der Waals surface area contributed by atoms with E-state index < -0.39 is 0 Å². The molecule has 0 aromatic heterocycles. The van der Waals surface area contributed by atoms with Gasteiger partial charge < -0.3 is 9.97 Å². The summed E-state index contributed by atoms with van der Waals surface area (Å²) in [6.45, 7) is 8.10. The molecule has 0 heterocycles. The number of benzene rings is 1. The molecule has 1 N–H and O–H groups in total. The summed E-state index contributed by atoms with van der Waals surface area (Å²) in [7, 11) is 3.31. The minimum absolute atomic E-state index is 0. The second kappa shape index (κ2) is 8.92. The third kappa shape index (κ3) is 6.38. The summed E-state index contributed by atoms with van der Waals surface area (Å²) in [4.78, 5) is 11.5. The summed E-state index contributed by atoms with van der Waals surface area (Å²) >= 11 is 0. The van der Waals surface area contributed by atoms with Crippen molar-refractivity contribution in [2.75, 3.05) is 7.05 Å². The van der Waals surface area contributed by atoms with Gasteiger partial charge in [0.15, 0.2) is 0 Å². The van der Waals surface area contributed by atoms with Crippen molar-refractivity contribution in [3.63, 3.8) is 0 Å². The van der Waals surface area contributed by atoms with Crippen LogP contribution < -0.4 is 79.7 Å². The van der Waals surface area contributed by atoms with Gasteiger partial charge in [0.25, 0.3) is 5.91 Å². The van der Waals surface area contributed by atoms with Crippen LogP contribution in [0.4, 0.5) is 0 Å². The molecule has 0 saturated heterocycles. The number of amides is 1. The monoisotopic (exact) mass is 378 g/mol. The fourth-order valence-corrected chi connectivity index (χ4v) is 1.23. The Kier molecular flexibility index (Phi) is 9.28. The van der Waals surface area contributed by atoms with Gasteiger partial charge in [-0.15, -0.1) is 19.1 Å². The molecule has 0 atom stereocenters. The zero-order chi connectivity index (χ0) is 13.8. The Morgan fingerprint density at radius 1 is 1.37 bits per heavy atom. The van der Waals surface area contributed by atoms with Crippen molar-refractivity contribution in [3.8, 4) is 0 Å². The van der Waals surface area contributed by atoms with Gasteiger partial charge in [-0.2, -0.15) is 13.8 Å². The van der Waals surface area contributed by atoms with Gasteiger partial charge in [0.1, 0.15) is 0 Å². The van der Waals surface area contributed by atoms with Crippen molar-refractivity contribution in [2.45, 2.75) is 33.3 Å². The first-order valence-corrected chi connectivity index (χ1v) is 6.00. The number of carbonyl (C=O) groups excluding carboxylic acids is 1. The fourth-order valence-electron chi connectivity index (χ4n) is 1.23. The summed E-state index contributed by atoms with van der Waals surface area (Å²) in [5, 5.41) is 2.60. The van der Waals surface area contributed by atoms with E-state index in [1.807, 2.05) is 39.8 Å². The summed E-state index contributed by atoms with van der Waals surface area (Å²) < 4.78 is 5.75. The first-order chi connectivity index (χ1) is 8.36. The Balaban J connectivity index is 0.00000324. The summed E-state index contributed by atoms with van der Waals surface area (Å²) in [5.41, 5.74) is 1.21. The van der Waals surface area contributed by atoms with Crippen LogP contribution in [0.3, 0.4) is 0 Å². The number of carbonyl (C=O) groups is 1. The molecular weight excluding hydrogens is 358 g/mol. The smallest absolute Gasteiger partial charge is 0.673 e. The van der Waals surface area contributed by atoms with Gasteiger partial charge in [-0.3, -0.25) is 10.7 Å². The normalized spacial score (nSPS) is 11.1. The van der Waals surface area contributed by atoms with E-state index in [4.69, 9.17) is 4.65 Å². The fraction of sp³-hybridized carbons (Fsp3) is 0.429. The maximum atomic E-state index is 11.5. The van der Waals surface area contributed by atoms with Gasteiger partial charge in [-0.1, -0.05) is 26.0 Å². The van der Waals surface area contributed by atoms with Gasteiger partial charge >= 0.3 is 68.9 Å². The van der Waals surface area contributed by atoms with E-state index in [2.05, 4.69) is 5.32 Å². The summed E-state index contributed by atoms with van der Waals surface area (Å²) in [6.07, 6.45) is 0. The minimum atomic E-state index is -0.303. The van der Waals surface area contributed by atoms with Crippen LogP contribution in [0.25, 0.3) is 0 Å². The van der Waals surface area contributed by atoms with Crippen LogP contribution >= 0.6 is 0 Å². The number of rotatable bonds is 5. The molecule has 3 nitrogen and oxygen atoms in total. The largest absolute Gasteiger partial charge is 1.00 e. The Morgan fingerprint density at radius 2 is 2.00 bits per heavy atom. The molecule has 0 spiro atoms. The van der Waals surface area contributed by atoms with Gasteiger partial charge in [-0.25, -0.2) is 5.46 Å². The van der Waals surface area contributed by atoms with Gasteiger partial charge in [0, 0.05) is 12.6 Å². The molecule has 1 aromatic rings. The molecule has 0 fully saturated rings. The summed E-state index contributed by atoms with van der Waals surface area (Å²) in [6, 6.07) is 7.33. The summed E-state index contributed by atoms with van der Waals surface area (Å²) in [5.74, 6) is 1.10. The first kappa shape index (κ1) is 19.8. The van der Waals surface area contributed by atoms with Crippen molar-refractivity contribution >= 4 is 18.9 Å². The van der Waals surface area contributed by atoms with Gasteiger partial charge in [-0.05, 0) is 6.07 Å². The van der Waals surface area contributed by atoms with E-state index in [0.29, 0.717) is 5.56 Å². The predicted octanol–water partition coefficient (Wildman–Crippen LogP) is -1.30. The first-order valence-electron chi connectivity index (χ1n) is 6.00. The van der Waals surface area contributed by atoms with E-state index in [1.54, 1.807) is 26.7 Å². The van der Waals surface area contributed by atoms with Crippen molar-refractivity contribution in [2.24, 2.45) is 0 Å². The van der Waals surface area contributed by atoms with Crippen molar-refractivity contribution < 1.29 is 78.3 Å². The van der Waals surface area contributed by atoms with Crippen LogP contribution in [0, 0.1) is 5.92 Å². The van der Waals surface area contributed by atoms with Crippen LogP contribution in [0.1, 0.15) is 38.1 Å². The maximum Gasteiger partial charge on any atom is 1.00 e. The Labute approximate surface area is 176 Å². The third-order valence-electron chi connectivity index (χ3n) is 3.07. The van der Waals surface area contributed by atoms with E-state index in [1.165, 1.54) is 5.92 Å². The topological polar surface area (TPSA) is 38.3 Å². The van der Waals surface area contributed by atoms with Crippen LogP contribution in [-0.4, -0.2) is 26.0 Å². The number of nitrogens with one attached hydrogen (secondary N) is 1. The van der Waals surface area contributed by atoms with Crippen LogP contribution in [0.2, 0.25) is 0 Å². The van der Waals surface area contributed by atoms with Crippen LogP contribution in [0.5, 0.6) is 0 Å². The average molecular weight is 378 g/mol. The van der Waals surface area contributed by atoms with E-state index in [9.17, 15) is 4.79 Å². The second-order valence-corrected chi connectivity index (χ2v) is 4.95. The molecule has 0 aliphatic heterocycles. The van der Waals surface area contributed by atoms with E-state index in [0.717, 1.165) is 5.46 Å². The minimum Gasteiger partial charge on any atom is -0.673 e. The standard InChI is InChI=1S/C14H20BNO2.Cs/c1-10(2)14(3,4)18-15-12-8-6-7-11(9-12)13(17)16-5;/h6-9H,1-5H3,(H,16,17);/q-2;+1. The van der Waals surface area contributed by atoms with Gasteiger partial charge in [0.05, 0.1) is 0 Å². The molecule has 1 amide bonds. The zero-order valence-electron chi connectivity index (χ0n) is 12.7. The molecule has 1 rings (SSSR count). The molecule has 0 bridgehead atoms. The quantitative estimate of drug-likeness (QED) is 0.512. The molecule has 5 heteroatoms. The molecular formula is C14H20BCsNO2-. The molecule has 0 aliphatic rings. The number of hydrogen-bond acceptors (Lipinski definition) is 2. The van der Waals surface area contributed by atoms with Crippen molar-refractivity contribution in [1.29, 1.82) is 0 Å². The zero-order valence-corrected chi connectivity index (χ0v) is 19.0. The Bertz CT molecular complexity index is 422. The molecule has 98 valence electrons. The molecule has 2 radical (unpaired) electrons. The third-order valence-corrected chi connectivity index (χ3v) is 3.07. The molecule has 0 aliphatic carbocycles. The van der Waals surface area contributed by atoms with Crippen LogP contribution in [0.15, 0.2) is 24.3 Å².